The summed E-state index contributed by atoms with van der Waals surface area (Å²) in [5.74, 6) is -0.960. The van der Waals surface area contributed by atoms with Crippen LogP contribution in [-0.4, -0.2) is 133 Å². The summed E-state index contributed by atoms with van der Waals surface area (Å²) in [5, 5.41) is 46.6. The van der Waals surface area contributed by atoms with Crippen molar-refractivity contribution in [2.45, 2.75) is 14.7 Å². The van der Waals surface area contributed by atoms with E-state index in [1.165, 1.54) is 42.5 Å². The molecule has 19 nitrogen and oxygen atoms in total. The number of phenols is 2. The number of nitrogens with two attached hydrogens (primary N) is 2. The minimum absolute atomic E-state index is 0. The molecule has 0 atom stereocenters. The Balaban J connectivity index is 0.00000310. The van der Waals surface area contributed by atoms with Crippen molar-refractivity contribution < 1.29 is 44.6 Å². The normalized spacial score (nSPS) is 11.8. The number of thiol groups is 1. The maximum atomic E-state index is 12.5. The minimum atomic E-state index is -5.16. The molecule has 0 saturated carbocycles. The Morgan fingerprint density at radius 2 is 1.14 bits per heavy atom. The van der Waals surface area contributed by atoms with Gasteiger partial charge < -0.3 is 27.0 Å². The van der Waals surface area contributed by atoms with Gasteiger partial charge in [-0.25, -0.2) is 8.42 Å². The van der Waals surface area contributed by atoms with Crippen molar-refractivity contribution in [3.05, 3.63) is 103 Å². The zero-order valence-electron chi connectivity index (χ0n) is 28.2. The Morgan fingerprint density at radius 3 is 1.73 bits per heavy atom. The first-order chi connectivity index (χ1) is 26.5. The van der Waals surface area contributed by atoms with E-state index in [0.29, 0.717) is 17.1 Å². The van der Waals surface area contributed by atoms with Gasteiger partial charge in [0.25, 0.3) is 20.2 Å². The van der Waals surface area contributed by atoms with E-state index >= 15 is 0 Å². The van der Waals surface area contributed by atoms with Crippen molar-refractivity contribution >= 4 is 187 Å². The summed E-state index contributed by atoms with van der Waals surface area (Å²) >= 11 is 0. The second-order valence-electron chi connectivity index (χ2n) is 11.6. The molecule has 0 heterocycles. The fraction of sp³-hybridized carbons (Fsp3) is 0. The van der Waals surface area contributed by atoms with E-state index in [0.717, 1.165) is 18.2 Å². The molecule has 6 aromatic rings. The molecule has 292 valence electrons. The number of phenolic OH excluding ortho intramolecular Hbond substituents is 2. The molecule has 6 rings (SSSR count). The van der Waals surface area contributed by atoms with Crippen LogP contribution in [0.25, 0.3) is 10.8 Å². The topological polar surface area (TPSA) is 322 Å². The standard InChI is InChI=1S/C34H27N9O10S3.3Na.3H/c35-24-17-23(44)11-13-25(24)41-38-21-8-6-19(7-9-21)37-26-12-10-22(16-27(26)54(46)47)40-42-32-28(55(48,49)50)14-18-15-29(56(51,52)53)33(34(45)30(18)31(32)36)43-39-20-4-2-1-3-5-20;;;;;;/h1-17,37,44-45,54H,35-36H2,(H,48,49,50)(H,51,52,53);;;;;;. The number of hydrogen-bond acceptors (Lipinski definition) is 17. The van der Waals surface area contributed by atoms with E-state index in [1.807, 2.05) is 0 Å². The molecular weight excluding hydrogens is 860 g/mol. The van der Waals surface area contributed by atoms with Gasteiger partial charge in [-0.3, -0.25) is 9.11 Å². The molecule has 0 unspecified atom stereocenters. The number of nitrogens with one attached hydrogen (secondary N) is 1. The average molecular weight is 890 g/mol. The van der Waals surface area contributed by atoms with Crippen LogP contribution in [0.2, 0.25) is 0 Å². The molecule has 59 heavy (non-hydrogen) atoms. The number of azo groups is 3. The molecule has 0 fully saturated rings. The number of hydrogen-bond donors (Lipinski definition) is 8. The summed E-state index contributed by atoms with van der Waals surface area (Å²) in [6.07, 6.45) is 0. The molecule has 0 radical (unpaired) electrons. The van der Waals surface area contributed by atoms with Gasteiger partial charge in [-0.15, -0.1) is 15.3 Å². The van der Waals surface area contributed by atoms with E-state index in [1.54, 1.807) is 42.5 Å². The first-order valence-corrected chi connectivity index (χ1v) is 19.7. The summed E-state index contributed by atoms with van der Waals surface area (Å²) < 4.78 is 94.1. The van der Waals surface area contributed by atoms with E-state index < -0.39 is 63.5 Å². The molecule has 0 aromatic heterocycles. The van der Waals surface area contributed by atoms with Crippen LogP contribution in [0.4, 0.5) is 56.9 Å². The van der Waals surface area contributed by atoms with Crippen LogP contribution in [0.5, 0.6) is 11.5 Å². The third-order valence-electron chi connectivity index (χ3n) is 7.77. The average Bonchev–Trinajstić information content (AvgIpc) is 3.14. The molecule has 9 N–H and O–H groups in total. The molecule has 0 spiro atoms. The van der Waals surface area contributed by atoms with E-state index in [-0.39, 0.29) is 133 Å². The van der Waals surface area contributed by atoms with Gasteiger partial charge in [0.15, 0.2) is 16.5 Å². The van der Waals surface area contributed by atoms with Gasteiger partial charge in [-0.05, 0) is 84.2 Å². The number of rotatable bonds is 11. The summed E-state index contributed by atoms with van der Waals surface area (Å²) in [7, 11) is -13.5. The Bertz CT molecular complexity index is 2930. The molecule has 0 bridgehead atoms. The number of anilines is 4. The summed E-state index contributed by atoms with van der Waals surface area (Å²) in [6, 6.07) is 23.9. The summed E-state index contributed by atoms with van der Waals surface area (Å²) in [5.41, 5.74) is 11.8. The zero-order valence-corrected chi connectivity index (χ0v) is 30.7. The quantitative estimate of drug-likeness (QED) is 0.0246. The first kappa shape index (κ1) is 49.5. The molecular formula is C34H30N9Na3O10S3. The fourth-order valence-electron chi connectivity index (χ4n) is 5.16. The number of nitrogen functional groups attached to an aromatic ring is 2. The van der Waals surface area contributed by atoms with Crippen LogP contribution in [0.15, 0.2) is 149 Å². The van der Waals surface area contributed by atoms with Crippen LogP contribution < -0.4 is 16.8 Å². The summed E-state index contributed by atoms with van der Waals surface area (Å²) in [6.45, 7) is 0. The molecule has 0 aliphatic rings. The van der Waals surface area contributed by atoms with Crippen molar-refractivity contribution in [2.75, 3.05) is 16.8 Å². The van der Waals surface area contributed by atoms with E-state index in [2.05, 4.69) is 36.0 Å². The van der Waals surface area contributed by atoms with Gasteiger partial charge in [0.05, 0.1) is 44.4 Å². The number of aromatic hydroxyl groups is 2. The fourth-order valence-corrected chi connectivity index (χ4v) is 7.06. The van der Waals surface area contributed by atoms with Gasteiger partial charge in [0, 0.05) is 11.8 Å². The predicted molar refractivity (Wildman–Crippen MR) is 227 cm³/mol. The third kappa shape index (κ3) is 11.9. The number of benzene rings is 6. The zero-order chi connectivity index (χ0) is 40.4. The molecule has 6 aromatic carbocycles. The SMILES string of the molecule is Nc1cc(O)ccc1N=Nc1ccc(Nc2ccc(N=Nc3c(S(=O)(=O)O)cc4cc(S(=O)(=O)O)c(N=Nc5ccccc5)c(O)c4c3N)cc2[SH](=O)=O)cc1.[NaH].[NaH].[NaH]. The van der Waals surface area contributed by atoms with Crippen molar-refractivity contribution in [2.24, 2.45) is 30.7 Å². The van der Waals surface area contributed by atoms with Gasteiger partial charge in [-0.2, -0.15) is 32.2 Å². The van der Waals surface area contributed by atoms with Crippen LogP contribution in [0.1, 0.15) is 0 Å². The molecule has 25 heteroatoms. The Morgan fingerprint density at radius 1 is 0.593 bits per heavy atom. The van der Waals surface area contributed by atoms with Gasteiger partial charge >= 0.3 is 88.7 Å². The summed E-state index contributed by atoms with van der Waals surface area (Å²) in [4.78, 5) is -2.16. The second kappa shape index (κ2) is 20.6. The monoisotopic (exact) mass is 889 g/mol. The van der Waals surface area contributed by atoms with Gasteiger partial charge in [-0.1, -0.05) is 18.2 Å². The number of nitrogens with zero attached hydrogens (tertiary/aromatic N) is 6. The van der Waals surface area contributed by atoms with E-state index in [4.69, 9.17) is 11.5 Å². The van der Waals surface area contributed by atoms with Crippen molar-refractivity contribution in [3.8, 4) is 11.5 Å². The van der Waals surface area contributed by atoms with Crippen molar-refractivity contribution in [1.82, 2.24) is 0 Å². The first-order valence-electron chi connectivity index (χ1n) is 15.6. The van der Waals surface area contributed by atoms with Crippen molar-refractivity contribution in [3.63, 3.8) is 0 Å². The third-order valence-corrected chi connectivity index (χ3v) is 10.3. The number of fused-ring (bicyclic) bond motifs is 1. The maximum absolute atomic E-state index is 12.5. The molecule has 0 aliphatic carbocycles. The van der Waals surface area contributed by atoms with Crippen LogP contribution in [-0.2, 0) is 30.9 Å². The van der Waals surface area contributed by atoms with E-state index in [9.17, 15) is 44.6 Å². The Hall–Kier alpha value is -3.85. The van der Waals surface area contributed by atoms with Crippen LogP contribution in [0.3, 0.4) is 0 Å². The van der Waals surface area contributed by atoms with Crippen LogP contribution in [0, 0.1) is 0 Å². The Kier molecular flexibility index (Phi) is 17.3. The molecule has 0 amide bonds. The van der Waals surface area contributed by atoms with Crippen LogP contribution >= 0.6 is 0 Å². The molecule has 0 saturated heterocycles. The predicted octanol–water partition coefficient (Wildman–Crippen LogP) is 5.92. The van der Waals surface area contributed by atoms with Gasteiger partial charge in [0.1, 0.15) is 32.6 Å². The Labute approximate surface area is 404 Å². The molecule has 0 aliphatic heterocycles. The van der Waals surface area contributed by atoms with Gasteiger partial charge in [0.2, 0.25) is 0 Å². The second-order valence-corrected chi connectivity index (χ2v) is 15.3. The van der Waals surface area contributed by atoms with Crippen molar-refractivity contribution in [1.29, 1.82) is 0 Å².